The molecule has 7 heteroatoms. The number of benzene rings is 3. The van der Waals surface area contributed by atoms with E-state index in [0.717, 1.165) is 0 Å². The van der Waals surface area contributed by atoms with Crippen molar-refractivity contribution in [3.05, 3.63) is 112 Å². The predicted octanol–water partition coefficient (Wildman–Crippen LogP) is 5.31. The molecule has 0 atom stereocenters. The van der Waals surface area contributed by atoms with Crippen LogP contribution in [-0.4, -0.2) is 10.9 Å². The topological polar surface area (TPSA) is 62.6 Å². The van der Waals surface area contributed by atoms with Gasteiger partial charge in [0.15, 0.2) is 5.43 Å². The number of fused-ring (bicyclic) bond motifs is 1. The van der Waals surface area contributed by atoms with Gasteiger partial charge in [-0.15, -0.1) is 0 Å². The molecule has 4 rings (SSSR count). The van der Waals surface area contributed by atoms with Gasteiger partial charge in [-0.05, 0) is 42.0 Å². The van der Waals surface area contributed by atoms with E-state index in [9.17, 15) is 18.4 Å². The van der Waals surface area contributed by atoms with Gasteiger partial charge in [-0.1, -0.05) is 36.4 Å². The summed E-state index contributed by atoms with van der Waals surface area (Å²) in [5, 5.41) is 2.92. The van der Waals surface area contributed by atoms with Crippen LogP contribution in [0.15, 0.2) is 88.3 Å². The van der Waals surface area contributed by atoms with Gasteiger partial charge in [-0.25, -0.2) is 13.6 Å². The van der Waals surface area contributed by atoms with Crippen molar-refractivity contribution in [2.45, 2.75) is 13.1 Å². The summed E-state index contributed by atoms with van der Waals surface area (Å²) in [6, 6.07) is 17.6. The third-order valence-corrected chi connectivity index (χ3v) is 4.80. The highest BCUT2D eigenvalue weighted by Crippen LogP contribution is 2.17. The lowest BCUT2D eigenvalue weighted by atomic mass is 10.1. The number of hydrogen-bond acceptors (Lipinski definition) is 3. The molecule has 1 aromatic heterocycles. The number of carbonyl (C=O) groups is 1. The lowest BCUT2D eigenvalue weighted by molar-refractivity contribution is 0.206. The Balaban J connectivity index is 1.65. The van der Waals surface area contributed by atoms with Crippen molar-refractivity contribution in [3.63, 3.8) is 0 Å². The van der Waals surface area contributed by atoms with Crippen LogP contribution in [0, 0.1) is 11.6 Å². The number of hydrogen-bond donors (Lipinski definition) is 1. The Morgan fingerprint density at radius 1 is 0.903 bits per heavy atom. The van der Waals surface area contributed by atoms with Gasteiger partial charge in [0.2, 0.25) is 0 Å². The Labute approximate surface area is 176 Å². The minimum absolute atomic E-state index is 0.0159. The zero-order valence-electron chi connectivity index (χ0n) is 16.3. The van der Waals surface area contributed by atoms with Crippen LogP contribution in [-0.2, 0) is 13.1 Å². The summed E-state index contributed by atoms with van der Waals surface area (Å²) in [5.41, 5.74) is 1.11. The van der Waals surface area contributed by atoms with Gasteiger partial charge in [0.25, 0.3) is 0 Å². The van der Waals surface area contributed by atoms with E-state index < -0.39 is 17.7 Å². The van der Waals surface area contributed by atoms with Crippen LogP contribution in [0.3, 0.4) is 0 Å². The highest BCUT2D eigenvalue weighted by atomic mass is 19.1. The molecule has 5 nitrogen and oxygen atoms in total. The van der Waals surface area contributed by atoms with E-state index in [0.29, 0.717) is 16.5 Å². The largest absolute Gasteiger partial charge is 0.464 e. The first kappa shape index (κ1) is 20.3. The van der Waals surface area contributed by atoms with Crippen LogP contribution in [0.4, 0.5) is 19.3 Å². The minimum atomic E-state index is -0.609. The summed E-state index contributed by atoms with van der Waals surface area (Å²) in [6.07, 6.45) is 1.32. The molecular weight excluding hydrogens is 402 g/mol. The Hall–Kier alpha value is -4.00. The van der Waals surface area contributed by atoms with Crippen molar-refractivity contribution in [2.24, 2.45) is 0 Å². The fraction of sp³-hybridized carbons (Fsp3) is 0.0833. The number of urea groups is 1. The molecule has 3 aromatic carbocycles. The van der Waals surface area contributed by atoms with E-state index in [1.165, 1.54) is 41.5 Å². The standard InChI is InChI=1S/C24H18F2N2O3/c25-18-11-9-16(10-12-18)13-28(24(30)27-21-7-3-2-6-20(21)26)14-17-15-31-22-8-4-1-5-19(22)23(17)29/h1-12,15H,13-14H2,(H,27,30). The first-order valence-electron chi connectivity index (χ1n) is 9.55. The Kier molecular flexibility index (Phi) is 5.75. The summed E-state index contributed by atoms with van der Waals surface area (Å²) in [7, 11) is 0. The Bertz CT molecular complexity index is 1290. The van der Waals surface area contributed by atoms with Crippen LogP contribution in [0.2, 0.25) is 0 Å². The third kappa shape index (κ3) is 4.61. The zero-order chi connectivity index (χ0) is 21.8. The first-order valence-corrected chi connectivity index (χ1v) is 9.55. The predicted molar refractivity (Wildman–Crippen MR) is 114 cm³/mol. The van der Waals surface area contributed by atoms with E-state index in [-0.39, 0.29) is 29.8 Å². The average Bonchev–Trinajstić information content (AvgIpc) is 2.78. The summed E-state index contributed by atoms with van der Waals surface area (Å²) >= 11 is 0. The van der Waals surface area contributed by atoms with Gasteiger partial charge in [0.05, 0.1) is 29.4 Å². The molecule has 4 aromatic rings. The molecule has 0 fully saturated rings. The number of nitrogens with one attached hydrogen (secondary N) is 1. The highest BCUT2D eigenvalue weighted by molar-refractivity contribution is 5.89. The maximum atomic E-state index is 14.0. The van der Waals surface area contributed by atoms with Crippen molar-refractivity contribution < 1.29 is 18.0 Å². The van der Waals surface area contributed by atoms with Gasteiger partial charge in [-0.3, -0.25) is 4.79 Å². The fourth-order valence-corrected chi connectivity index (χ4v) is 3.20. The fourth-order valence-electron chi connectivity index (χ4n) is 3.20. The molecule has 0 unspecified atom stereocenters. The van der Waals surface area contributed by atoms with E-state index in [1.54, 1.807) is 42.5 Å². The van der Waals surface area contributed by atoms with E-state index >= 15 is 0 Å². The van der Waals surface area contributed by atoms with Crippen molar-refractivity contribution >= 4 is 22.7 Å². The second-order valence-corrected chi connectivity index (χ2v) is 6.98. The molecule has 0 aliphatic carbocycles. The summed E-state index contributed by atoms with van der Waals surface area (Å²) < 4.78 is 32.8. The Morgan fingerprint density at radius 2 is 1.61 bits per heavy atom. The molecule has 0 spiro atoms. The number of anilines is 1. The lowest BCUT2D eigenvalue weighted by Crippen LogP contribution is -2.35. The Morgan fingerprint density at radius 3 is 2.39 bits per heavy atom. The van der Waals surface area contributed by atoms with Crippen LogP contribution in [0.1, 0.15) is 11.1 Å². The smallest absolute Gasteiger partial charge is 0.322 e. The highest BCUT2D eigenvalue weighted by Gasteiger charge is 2.19. The molecule has 156 valence electrons. The number of carbonyl (C=O) groups excluding carboxylic acids is 1. The number of amides is 2. The number of para-hydroxylation sites is 2. The molecule has 1 N–H and O–H groups in total. The molecule has 0 saturated heterocycles. The number of nitrogens with zero attached hydrogens (tertiary/aromatic N) is 1. The van der Waals surface area contributed by atoms with Crippen molar-refractivity contribution in [3.8, 4) is 0 Å². The number of rotatable bonds is 5. The zero-order valence-corrected chi connectivity index (χ0v) is 16.3. The minimum Gasteiger partial charge on any atom is -0.464 e. The van der Waals surface area contributed by atoms with Gasteiger partial charge in [-0.2, -0.15) is 0 Å². The quantitative estimate of drug-likeness (QED) is 0.476. The summed E-state index contributed by atoms with van der Waals surface area (Å²) in [6.45, 7) is -0.00232. The molecule has 1 heterocycles. The van der Waals surface area contributed by atoms with Crippen LogP contribution >= 0.6 is 0 Å². The van der Waals surface area contributed by atoms with E-state index in [2.05, 4.69) is 5.32 Å². The molecule has 0 bridgehead atoms. The number of halogens is 2. The second-order valence-electron chi connectivity index (χ2n) is 6.98. The van der Waals surface area contributed by atoms with E-state index in [4.69, 9.17) is 4.42 Å². The molecule has 0 aliphatic rings. The van der Waals surface area contributed by atoms with Crippen LogP contribution < -0.4 is 10.7 Å². The van der Waals surface area contributed by atoms with Crippen molar-refractivity contribution in [1.82, 2.24) is 4.90 Å². The SMILES string of the molecule is O=C(Nc1ccccc1F)N(Cc1ccc(F)cc1)Cc1coc2ccccc2c1=O. The second kappa shape index (κ2) is 8.79. The molecule has 0 saturated carbocycles. The first-order chi connectivity index (χ1) is 15.0. The normalized spacial score (nSPS) is 10.8. The van der Waals surface area contributed by atoms with Crippen LogP contribution in [0.5, 0.6) is 0 Å². The van der Waals surface area contributed by atoms with Crippen molar-refractivity contribution in [1.29, 1.82) is 0 Å². The van der Waals surface area contributed by atoms with Crippen molar-refractivity contribution in [2.75, 3.05) is 5.32 Å². The monoisotopic (exact) mass is 420 g/mol. The third-order valence-electron chi connectivity index (χ3n) is 4.80. The van der Waals surface area contributed by atoms with Gasteiger partial charge >= 0.3 is 6.03 Å². The summed E-state index contributed by atoms with van der Waals surface area (Å²) in [5.74, 6) is -0.982. The van der Waals surface area contributed by atoms with Gasteiger partial charge in [0.1, 0.15) is 17.2 Å². The molecule has 0 radical (unpaired) electrons. The average molecular weight is 420 g/mol. The van der Waals surface area contributed by atoms with Crippen LogP contribution in [0.25, 0.3) is 11.0 Å². The summed E-state index contributed by atoms with van der Waals surface area (Å²) in [4.78, 5) is 27.2. The van der Waals surface area contributed by atoms with Gasteiger partial charge < -0.3 is 14.6 Å². The molecule has 31 heavy (non-hydrogen) atoms. The lowest BCUT2D eigenvalue weighted by Gasteiger charge is -2.23. The molecule has 2 amide bonds. The maximum absolute atomic E-state index is 14.0. The van der Waals surface area contributed by atoms with Gasteiger partial charge in [0, 0.05) is 6.54 Å². The molecular formula is C24H18F2N2O3. The molecule has 0 aliphatic heterocycles. The van der Waals surface area contributed by atoms with E-state index in [1.807, 2.05) is 0 Å². The maximum Gasteiger partial charge on any atom is 0.322 e.